The van der Waals surface area contributed by atoms with E-state index in [9.17, 15) is 4.79 Å². The molecule has 94 valence electrons. The Labute approximate surface area is 101 Å². The zero-order valence-corrected chi connectivity index (χ0v) is 10.5. The highest BCUT2D eigenvalue weighted by atomic mass is 16.5. The fourth-order valence-corrected chi connectivity index (χ4v) is 1.40. The Morgan fingerprint density at radius 3 is 2.00 bits per heavy atom. The van der Waals surface area contributed by atoms with Crippen LogP contribution in [0.5, 0.6) is 17.2 Å². The standard InChI is InChI=1S/C12H17NO4/c1-5-11(14)13-8-6-9(15-2)12(17-4)10(7-8)16-3/h6-7H,5H2,1-4H3,(H,13,14). The Bertz CT molecular complexity index is 378. The van der Waals surface area contributed by atoms with Gasteiger partial charge in [-0.1, -0.05) is 6.92 Å². The first-order valence-corrected chi connectivity index (χ1v) is 5.26. The fourth-order valence-electron chi connectivity index (χ4n) is 1.40. The molecule has 0 aromatic heterocycles. The zero-order valence-electron chi connectivity index (χ0n) is 10.5. The van der Waals surface area contributed by atoms with E-state index in [1.54, 1.807) is 19.1 Å². The largest absolute Gasteiger partial charge is 0.493 e. The number of methoxy groups -OCH3 is 3. The van der Waals surface area contributed by atoms with Gasteiger partial charge in [0.05, 0.1) is 21.3 Å². The van der Waals surface area contributed by atoms with E-state index < -0.39 is 0 Å². The van der Waals surface area contributed by atoms with Crippen LogP contribution in [0.3, 0.4) is 0 Å². The fraction of sp³-hybridized carbons (Fsp3) is 0.417. The molecule has 1 aromatic carbocycles. The Kier molecular flexibility index (Phi) is 4.63. The molecule has 17 heavy (non-hydrogen) atoms. The number of rotatable bonds is 5. The smallest absolute Gasteiger partial charge is 0.224 e. The molecule has 0 saturated carbocycles. The van der Waals surface area contributed by atoms with E-state index in [1.165, 1.54) is 21.3 Å². The van der Waals surface area contributed by atoms with Gasteiger partial charge in [0.25, 0.3) is 0 Å². The summed E-state index contributed by atoms with van der Waals surface area (Å²) < 4.78 is 15.5. The Morgan fingerprint density at radius 1 is 1.12 bits per heavy atom. The van der Waals surface area contributed by atoms with E-state index in [-0.39, 0.29) is 5.91 Å². The van der Waals surface area contributed by atoms with Gasteiger partial charge in [0.1, 0.15) is 0 Å². The van der Waals surface area contributed by atoms with Crippen LogP contribution < -0.4 is 19.5 Å². The summed E-state index contributed by atoms with van der Waals surface area (Å²) in [5.74, 6) is 1.46. The van der Waals surface area contributed by atoms with E-state index >= 15 is 0 Å². The summed E-state index contributed by atoms with van der Waals surface area (Å²) in [6, 6.07) is 3.38. The lowest BCUT2D eigenvalue weighted by atomic mass is 10.2. The first kappa shape index (κ1) is 13.2. The van der Waals surface area contributed by atoms with Gasteiger partial charge < -0.3 is 19.5 Å². The van der Waals surface area contributed by atoms with E-state index in [0.29, 0.717) is 29.4 Å². The molecule has 0 bridgehead atoms. The molecule has 0 heterocycles. The third-order valence-corrected chi connectivity index (χ3v) is 2.27. The quantitative estimate of drug-likeness (QED) is 0.854. The summed E-state index contributed by atoms with van der Waals surface area (Å²) in [7, 11) is 4.59. The van der Waals surface area contributed by atoms with Crippen LogP contribution in [0.15, 0.2) is 12.1 Å². The maximum Gasteiger partial charge on any atom is 0.224 e. The lowest BCUT2D eigenvalue weighted by Crippen LogP contribution is -2.09. The molecule has 0 radical (unpaired) electrons. The number of amides is 1. The second-order valence-electron chi connectivity index (χ2n) is 3.32. The molecule has 1 amide bonds. The number of ether oxygens (including phenoxy) is 3. The van der Waals surface area contributed by atoms with Gasteiger partial charge in [0.2, 0.25) is 11.7 Å². The SMILES string of the molecule is CCC(=O)Nc1cc(OC)c(OC)c(OC)c1. The summed E-state index contributed by atoms with van der Waals surface area (Å²) >= 11 is 0. The van der Waals surface area contributed by atoms with Crippen molar-refractivity contribution >= 4 is 11.6 Å². The van der Waals surface area contributed by atoms with Crippen molar-refractivity contribution in [2.45, 2.75) is 13.3 Å². The molecule has 0 fully saturated rings. The molecule has 1 rings (SSSR count). The second kappa shape index (κ2) is 5.98. The Morgan fingerprint density at radius 2 is 1.65 bits per heavy atom. The first-order valence-electron chi connectivity index (χ1n) is 5.26. The van der Waals surface area contributed by atoms with E-state index in [0.717, 1.165) is 0 Å². The summed E-state index contributed by atoms with van der Waals surface area (Å²) in [5, 5.41) is 2.74. The molecular weight excluding hydrogens is 222 g/mol. The van der Waals surface area contributed by atoms with Crippen molar-refractivity contribution in [3.8, 4) is 17.2 Å². The van der Waals surface area contributed by atoms with Crippen LogP contribution in [0.2, 0.25) is 0 Å². The predicted octanol–water partition coefficient (Wildman–Crippen LogP) is 2.06. The van der Waals surface area contributed by atoms with Crippen LogP contribution >= 0.6 is 0 Å². The topological polar surface area (TPSA) is 56.8 Å². The number of carbonyl (C=O) groups is 1. The molecule has 1 aromatic rings. The van der Waals surface area contributed by atoms with Crippen molar-refractivity contribution in [1.82, 2.24) is 0 Å². The minimum absolute atomic E-state index is 0.0701. The van der Waals surface area contributed by atoms with Gasteiger partial charge in [-0.2, -0.15) is 0 Å². The molecule has 0 spiro atoms. The van der Waals surface area contributed by atoms with Crippen molar-refractivity contribution in [3.05, 3.63) is 12.1 Å². The molecule has 0 aliphatic heterocycles. The molecular formula is C12H17NO4. The lowest BCUT2D eigenvalue weighted by Gasteiger charge is -2.14. The molecule has 5 nitrogen and oxygen atoms in total. The van der Waals surface area contributed by atoms with Gasteiger partial charge in [-0.3, -0.25) is 4.79 Å². The highest BCUT2D eigenvalue weighted by molar-refractivity contribution is 5.91. The van der Waals surface area contributed by atoms with E-state index in [1.807, 2.05) is 0 Å². The van der Waals surface area contributed by atoms with Crippen molar-refractivity contribution in [2.75, 3.05) is 26.6 Å². The molecule has 0 aliphatic rings. The predicted molar refractivity (Wildman–Crippen MR) is 65.0 cm³/mol. The van der Waals surface area contributed by atoms with E-state index in [2.05, 4.69) is 5.32 Å². The molecule has 0 unspecified atom stereocenters. The normalized spacial score (nSPS) is 9.65. The van der Waals surface area contributed by atoms with Gasteiger partial charge in [0, 0.05) is 24.2 Å². The molecule has 0 aliphatic carbocycles. The van der Waals surface area contributed by atoms with Crippen molar-refractivity contribution in [3.63, 3.8) is 0 Å². The van der Waals surface area contributed by atoms with Crippen molar-refractivity contribution in [2.24, 2.45) is 0 Å². The van der Waals surface area contributed by atoms with Crippen LogP contribution in [0.4, 0.5) is 5.69 Å². The van der Waals surface area contributed by atoms with Crippen LogP contribution in [0.1, 0.15) is 13.3 Å². The zero-order chi connectivity index (χ0) is 12.8. The highest BCUT2D eigenvalue weighted by Gasteiger charge is 2.13. The molecule has 0 saturated heterocycles. The van der Waals surface area contributed by atoms with Gasteiger partial charge in [-0.15, -0.1) is 0 Å². The third kappa shape index (κ3) is 3.03. The van der Waals surface area contributed by atoms with E-state index in [4.69, 9.17) is 14.2 Å². The second-order valence-corrected chi connectivity index (χ2v) is 3.32. The maximum atomic E-state index is 11.3. The number of hydrogen-bond acceptors (Lipinski definition) is 4. The summed E-state index contributed by atoms with van der Waals surface area (Å²) in [4.78, 5) is 11.3. The lowest BCUT2D eigenvalue weighted by molar-refractivity contribution is -0.115. The summed E-state index contributed by atoms with van der Waals surface area (Å²) in [6.07, 6.45) is 0.413. The maximum absolute atomic E-state index is 11.3. The van der Waals surface area contributed by atoms with Gasteiger partial charge >= 0.3 is 0 Å². The average Bonchev–Trinajstić information content (AvgIpc) is 2.37. The van der Waals surface area contributed by atoms with Crippen molar-refractivity contribution < 1.29 is 19.0 Å². The number of nitrogens with one attached hydrogen (secondary N) is 1. The minimum Gasteiger partial charge on any atom is -0.493 e. The molecule has 1 N–H and O–H groups in total. The first-order chi connectivity index (χ1) is 8.15. The highest BCUT2D eigenvalue weighted by Crippen LogP contribution is 2.39. The molecule has 5 heteroatoms. The average molecular weight is 239 g/mol. The van der Waals surface area contributed by atoms with Gasteiger partial charge in [-0.25, -0.2) is 0 Å². The molecule has 0 atom stereocenters. The number of benzene rings is 1. The van der Waals surface area contributed by atoms with Crippen LogP contribution in [-0.4, -0.2) is 27.2 Å². The van der Waals surface area contributed by atoms with Crippen LogP contribution in [0, 0.1) is 0 Å². The number of anilines is 1. The van der Waals surface area contributed by atoms with Crippen molar-refractivity contribution in [1.29, 1.82) is 0 Å². The monoisotopic (exact) mass is 239 g/mol. The Balaban J connectivity index is 3.13. The summed E-state index contributed by atoms with van der Waals surface area (Å²) in [5.41, 5.74) is 0.617. The minimum atomic E-state index is -0.0701. The van der Waals surface area contributed by atoms with Crippen LogP contribution in [-0.2, 0) is 4.79 Å². The number of hydrogen-bond donors (Lipinski definition) is 1. The van der Waals surface area contributed by atoms with Gasteiger partial charge in [0.15, 0.2) is 11.5 Å². The van der Waals surface area contributed by atoms with Gasteiger partial charge in [-0.05, 0) is 0 Å². The van der Waals surface area contributed by atoms with Crippen LogP contribution in [0.25, 0.3) is 0 Å². The third-order valence-electron chi connectivity index (χ3n) is 2.27. The Hall–Kier alpha value is -1.91. The summed E-state index contributed by atoms with van der Waals surface area (Å²) in [6.45, 7) is 1.79. The number of carbonyl (C=O) groups excluding carboxylic acids is 1.